The molecule has 0 aromatic heterocycles. The van der Waals surface area contributed by atoms with Crippen molar-refractivity contribution in [3.63, 3.8) is 0 Å². The fourth-order valence-electron chi connectivity index (χ4n) is 1.75. The maximum atomic E-state index is 13.6. The van der Waals surface area contributed by atoms with Crippen molar-refractivity contribution in [2.75, 3.05) is 5.73 Å². The van der Waals surface area contributed by atoms with Crippen LogP contribution in [0.15, 0.2) is 36.4 Å². The largest absolute Gasteiger partial charge is 0.488 e. The number of rotatable bonds is 4. The number of nitrogens with two attached hydrogens (primary N) is 1. The minimum Gasteiger partial charge on any atom is -0.488 e. The highest BCUT2D eigenvalue weighted by Crippen LogP contribution is 2.23. The van der Waals surface area contributed by atoms with Gasteiger partial charge < -0.3 is 15.6 Å². The van der Waals surface area contributed by atoms with Crippen LogP contribution in [-0.2, 0) is 6.61 Å². The van der Waals surface area contributed by atoms with Gasteiger partial charge in [0.1, 0.15) is 23.7 Å². The minimum absolute atomic E-state index is 0.0456. The number of carbonyl (C=O) groups is 1. The molecule has 6 heteroatoms. The number of carboxylic acid groups (broad SMARTS) is 1. The lowest BCUT2D eigenvalue weighted by Gasteiger charge is -2.10. The molecule has 3 N–H and O–H groups in total. The summed E-state index contributed by atoms with van der Waals surface area (Å²) in [5, 5.41) is 17.8. The van der Waals surface area contributed by atoms with Gasteiger partial charge in [-0.15, -0.1) is 0 Å². The molecule has 0 bridgehead atoms. The molecule has 2 aromatic carbocycles. The summed E-state index contributed by atoms with van der Waals surface area (Å²) in [6.07, 6.45) is 0. The van der Waals surface area contributed by atoms with Crippen molar-refractivity contribution >= 4 is 11.7 Å². The van der Waals surface area contributed by atoms with Crippen molar-refractivity contribution in [3.05, 3.63) is 58.9 Å². The van der Waals surface area contributed by atoms with E-state index in [4.69, 9.17) is 20.8 Å². The van der Waals surface area contributed by atoms with Gasteiger partial charge in [-0.1, -0.05) is 0 Å². The average Bonchev–Trinajstić information content (AvgIpc) is 2.46. The number of aromatic carboxylic acids is 1. The monoisotopic (exact) mass is 286 g/mol. The Hall–Kier alpha value is -3.07. The van der Waals surface area contributed by atoms with E-state index in [1.165, 1.54) is 30.3 Å². The maximum Gasteiger partial charge on any atom is 0.339 e. The molecule has 2 rings (SSSR count). The number of ether oxygens (including phenoxy) is 1. The molecular weight excluding hydrogens is 275 g/mol. The highest BCUT2D eigenvalue weighted by atomic mass is 19.1. The number of halogens is 1. The molecule has 2 aromatic rings. The zero-order chi connectivity index (χ0) is 15.4. The van der Waals surface area contributed by atoms with E-state index >= 15 is 0 Å². The van der Waals surface area contributed by atoms with E-state index in [1.807, 2.05) is 6.07 Å². The van der Waals surface area contributed by atoms with Gasteiger partial charge >= 0.3 is 5.97 Å². The van der Waals surface area contributed by atoms with Crippen LogP contribution in [0, 0.1) is 17.1 Å². The molecule has 0 heterocycles. The van der Waals surface area contributed by atoms with Gasteiger partial charge in [0.05, 0.1) is 11.6 Å². The summed E-state index contributed by atoms with van der Waals surface area (Å²) in [6, 6.07) is 9.86. The van der Waals surface area contributed by atoms with Gasteiger partial charge in [0, 0.05) is 17.3 Å². The third-order valence-electron chi connectivity index (χ3n) is 2.79. The van der Waals surface area contributed by atoms with Crippen LogP contribution in [0.2, 0.25) is 0 Å². The Labute approximate surface area is 120 Å². The molecule has 0 saturated heterocycles. The zero-order valence-corrected chi connectivity index (χ0v) is 10.8. The first-order valence-electron chi connectivity index (χ1n) is 5.95. The van der Waals surface area contributed by atoms with Crippen molar-refractivity contribution in [2.45, 2.75) is 6.61 Å². The first-order chi connectivity index (χ1) is 10.0. The molecule has 0 saturated carbocycles. The molecule has 0 spiro atoms. The van der Waals surface area contributed by atoms with Crippen molar-refractivity contribution in [1.82, 2.24) is 0 Å². The van der Waals surface area contributed by atoms with Crippen LogP contribution in [0.25, 0.3) is 0 Å². The van der Waals surface area contributed by atoms with E-state index in [9.17, 15) is 9.18 Å². The number of nitrogen functional groups attached to an aromatic ring is 1. The van der Waals surface area contributed by atoms with Crippen LogP contribution in [0.5, 0.6) is 5.75 Å². The number of nitrogens with zero attached hydrogens (tertiary/aromatic N) is 1. The Balaban J connectivity index is 2.26. The van der Waals surface area contributed by atoms with Crippen LogP contribution in [0.3, 0.4) is 0 Å². The summed E-state index contributed by atoms with van der Waals surface area (Å²) < 4.78 is 19.0. The second-order valence-corrected chi connectivity index (χ2v) is 4.27. The van der Waals surface area contributed by atoms with Gasteiger partial charge in [-0.2, -0.15) is 5.26 Å². The van der Waals surface area contributed by atoms with Crippen LogP contribution in [0.4, 0.5) is 10.1 Å². The summed E-state index contributed by atoms with van der Waals surface area (Å²) in [5.41, 5.74) is 6.30. The summed E-state index contributed by atoms with van der Waals surface area (Å²) in [7, 11) is 0. The first-order valence-corrected chi connectivity index (χ1v) is 5.95. The lowest BCUT2D eigenvalue weighted by molar-refractivity contribution is 0.0692. The smallest absolute Gasteiger partial charge is 0.339 e. The Morgan fingerprint density at radius 3 is 2.76 bits per heavy atom. The third-order valence-corrected chi connectivity index (χ3v) is 2.79. The lowest BCUT2D eigenvalue weighted by atomic mass is 10.1. The molecule has 0 aliphatic carbocycles. The molecule has 0 aliphatic heterocycles. The van der Waals surface area contributed by atoms with Gasteiger partial charge in [-0.25, -0.2) is 9.18 Å². The summed E-state index contributed by atoms with van der Waals surface area (Å²) >= 11 is 0. The highest BCUT2D eigenvalue weighted by Gasteiger charge is 2.13. The van der Waals surface area contributed by atoms with Gasteiger partial charge in [0.2, 0.25) is 0 Å². The van der Waals surface area contributed by atoms with E-state index in [2.05, 4.69) is 0 Å². The number of hydrogen-bond acceptors (Lipinski definition) is 4. The van der Waals surface area contributed by atoms with E-state index < -0.39 is 11.8 Å². The quantitative estimate of drug-likeness (QED) is 0.842. The predicted molar refractivity (Wildman–Crippen MR) is 73.3 cm³/mol. The summed E-state index contributed by atoms with van der Waals surface area (Å²) in [5.74, 6) is -1.66. The Bertz CT molecular complexity index is 738. The second-order valence-electron chi connectivity index (χ2n) is 4.27. The van der Waals surface area contributed by atoms with Crippen molar-refractivity contribution in [1.29, 1.82) is 5.26 Å². The molecule has 5 nitrogen and oxygen atoms in total. The second kappa shape index (κ2) is 5.92. The molecule has 0 radical (unpaired) electrons. The van der Waals surface area contributed by atoms with Crippen molar-refractivity contribution in [2.24, 2.45) is 0 Å². The van der Waals surface area contributed by atoms with Gasteiger partial charge in [0.25, 0.3) is 0 Å². The van der Waals surface area contributed by atoms with E-state index in [0.29, 0.717) is 11.3 Å². The number of carboxylic acids is 1. The Morgan fingerprint density at radius 1 is 1.33 bits per heavy atom. The van der Waals surface area contributed by atoms with Crippen LogP contribution < -0.4 is 10.5 Å². The standard InChI is InChI=1S/C15H11FN2O3/c16-13-4-1-9(7-17)5-10(13)8-21-14-6-11(18)2-3-12(14)15(19)20/h1-6H,8,18H2,(H,19,20). The minimum atomic E-state index is -1.17. The first kappa shape index (κ1) is 14.3. The molecular formula is C15H11FN2O3. The third kappa shape index (κ3) is 3.28. The maximum absolute atomic E-state index is 13.6. The van der Waals surface area contributed by atoms with Crippen LogP contribution in [0.1, 0.15) is 21.5 Å². The highest BCUT2D eigenvalue weighted by molar-refractivity contribution is 5.91. The average molecular weight is 286 g/mol. The van der Waals surface area contributed by atoms with Crippen molar-refractivity contribution in [3.8, 4) is 11.8 Å². The van der Waals surface area contributed by atoms with E-state index in [0.717, 1.165) is 6.07 Å². The Morgan fingerprint density at radius 2 is 2.10 bits per heavy atom. The lowest BCUT2D eigenvalue weighted by Crippen LogP contribution is -2.05. The summed E-state index contributed by atoms with van der Waals surface area (Å²) in [6.45, 7) is -0.203. The molecule has 0 unspecified atom stereocenters. The van der Waals surface area contributed by atoms with Gasteiger partial charge in [-0.05, 0) is 30.3 Å². The fraction of sp³-hybridized carbons (Fsp3) is 0.0667. The number of benzene rings is 2. The molecule has 21 heavy (non-hydrogen) atoms. The topological polar surface area (TPSA) is 96.3 Å². The van der Waals surface area contributed by atoms with E-state index in [-0.39, 0.29) is 23.5 Å². The fourth-order valence-corrected chi connectivity index (χ4v) is 1.75. The Kier molecular flexibility index (Phi) is 4.05. The zero-order valence-electron chi connectivity index (χ0n) is 10.8. The van der Waals surface area contributed by atoms with Gasteiger partial charge in [0.15, 0.2) is 0 Å². The van der Waals surface area contributed by atoms with E-state index in [1.54, 1.807) is 0 Å². The van der Waals surface area contributed by atoms with Gasteiger partial charge in [-0.3, -0.25) is 0 Å². The molecule has 0 aliphatic rings. The number of anilines is 1. The number of nitriles is 1. The van der Waals surface area contributed by atoms with Crippen LogP contribution >= 0.6 is 0 Å². The SMILES string of the molecule is N#Cc1ccc(F)c(COc2cc(N)ccc2C(=O)O)c1. The number of hydrogen-bond donors (Lipinski definition) is 2. The molecule has 0 atom stereocenters. The molecule has 106 valence electrons. The van der Waals surface area contributed by atoms with Crippen LogP contribution in [-0.4, -0.2) is 11.1 Å². The molecule has 0 fully saturated rings. The summed E-state index contributed by atoms with van der Waals surface area (Å²) in [4.78, 5) is 11.1. The van der Waals surface area contributed by atoms with Crippen molar-refractivity contribution < 1.29 is 19.0 Å². The predicted octanol–water partition coefficient (Wildman–Crippen LogP) is 2.56. The molecule has 0 amide bonds. The normalized spacial score (nSPS) is 9.90.